The molecular formula is C10H22N2O2S. The second-order valence-electron chi connectivity index (χ2n) is 4.90. The van der Waals surface area contributed by atoms with Crippen molar-refractivity contribution in [3.05, 3.63) is 0 Å². The van der Waals surface area contributed by atoms with E-state index in [9.17, 15) is 8.42 Å². The van der Waals surface area contributed by atoms with Gasteiger partial charge in [-0.3, -0.25) is 0 Å². The van der Waals surface area contributed by atoms with Crippen LogP contribution in [-0.2, 0) is 10.0 Å². The predicted octanol–water partition coefficient (Wildman–Crippen LogP) is 0.832. The molecular weight excluding hydrogens is 212 g/mol. The SMILES string of the molecule is CC(C)CS(=O)(=O)NC1CCC(N)CC1. The summed E-state index contributed by atoms with van der Waals surface area (Å²) in [6.07, 6.45) is 3.60. The molecule has 3 N–H and O–H groups in total. The van der Waals surface area contributed by atoms with Gasteiger partial charge in [-0.1, -0.05) is 13.8 Å². The van der Waals surface area contributed by atoms with Crippen LogP contribution in [0.5, 0.6) is 0 Å². The van der Waals surface area contributed by atoms with Gasteiger partial charge in [-0.15, -0.1) is 0 Å². The van der Waals surface area contributed by atoms with E-state index in [1.165, 1.54) is 0 Å². The van der Waals surface area contributed by atoms with Crippen LogP contribution in [0.25, 0.3) is 0 Å². The molecule has 1 saturated carbocycles. The summed E-state index contributed by atoms with van der Waals surface area (Å²) in [5.74, 6) is 0.392. The molecule has 0 saturated heterocycles. The summed E-state index contributed by atoms with van der Waals surface area (Å²) >= 11 is 0. The Balaban J connectivity index is 2.41. The van der Waals surface area contributed by atoms with Crippen LogP contribution in [0.4, 0.5) is 0 Å². The first-order valence-electron chi connectivity index (χ1n) is 5.64. The number of hydrogen-bond donors (Lipinski definition) is 2. The minimum Gasteiger partial charge on any atom is -0.328 e. The molecule has 0 bridgehead atoms. The Bertz CT molecular complexity index is 280. The minimum atomic E-state index is -3.09. The van der Waals surface area contributed by atoms with Gasteiger partial charge in [0.05, 0.1) is 5.75 Å². The van der Waals surface area contributed by atoms with Gasteiger partial charge in [0.1, 0.15) is 0 Å². The zero-order valence-electron chi connectivity index (χ0n) is 9.57. The predicted molar refractivity (Wildman–Crippen MR) is 62.0 cm³/mol. The van der Waals surface area contributed by atoms with Gasteiger partial charge < -0.3 is 5.73 Å². The van der Waals surface area contributed by atoms with Crippen LogP contribution in [0, 0.1) is 5.92 Å². The monoisotopic (exact) mass is 234 g/mol. The Morgan fingerprint density at radius 2 is 1.80 bits per heavy atom. The van der Waals surface area contributed by atoms with Crippen LogP contribution < -0.4 is 10.5 Å². The molecule has 4 nitrogen and oxygen atoms in total. The molecule has 0 aromatic heterocycles. The highest BCUT2D eigenvalue weighted by molar-refractivity contribution is 7.89. The summed E-state index contributed by atoms with van der Waals surface area (Å²) in [4.78, 5) is 0. The molecule has 0 aromatic rings. The molecule has 0 radical (unpaired) electrons. The Kier molecular flexibility index (Phi) is 4.55. The van der Waals surface area contributed by atoms with Crippen molar-refractivity contribution >= 4 is 10.0 Å². The number of hydrogen-bond acceptors (Lipinski definition) is 3. The van der Waals surface area contributed by atoms with Gasteiger partial charge in [-0.05, 0) is 31.6 Å². The molecule has 90 valence electrons. The molecule has 1 aliphatic rings. The molecule has 0 atom stereocenters. The Hall–Kier alpha value is -0.130. The zero-order valence-corrected chi connectivity index (χ0v) is 10.4. The maximum atomic E-state index is 11.6. The highest BCUT2D eigenvalue weighted by Gasteiger charge is 2.23. The highest BCUT2D eigenvalue weighted by atomic mass is 32.2. The van der Waals surface area contributed by atoms with E-state index in [1.54, 1.807) is 0 Å². The second-order valence-corrected chi connectivity index (χ2v) is 6.70. The third kappa shape index (κ3) is 4.95. The van der Waals surface area contributed by atoms with Gasteiger partial charge in [0, 0.05) is 12.1 Å². The van der Waals surface area contributed by atoms with Gasteiger partial charge in [-0.25, -0.2) is 13.1 Å². The number of sulfonamides is 1. The Labute approximate surface area is 92.7 Å². The molecule has 1 rings (SSSR count). The minimum absolute atomic E-state index is 0.105. The van der Waals surface area contributed by atoms with Crippen molar-refractivity contribution in [2.45, 2.75) is 51.6 Å². The van der Waals surface area contributed by atoms with Crippen LogP contribution >= 0.6 is 0 Å². The lowest BCUT2D eigenvalue weighted by Crippen LogP contribution is -2.41. The summed E-state index contributed by atoms with van der Waals surface area (Å²) in [7, 11) is -3.09. The maximum Gasteiger partial charge on any atom is 0.212 e. The number of rotatable bonds is 4. The summed E-state index contributed by atoms with van der Waals surface area (Å²) in [5.41, 5.74) is 5.76. The van der Waals surface area contributed by atoms with Crippen LogP contribution in [0.3, 0.4) is 0 Å². The summed E-state index contributed by atoms with van der Waals surface area (Å²) in [6, 6.07) is 0.365. The summed E-state index contributed by atoms with van der Waals surface area (Å²) in [6.45, 7) is 3.83. The fourth-order valence-electron chi connectivity index (χ4n) is 1.98. The smallest absolute Gasteiger partial charge is 0.212 e. The Morgan fingerprint density at radius 1 is 1.27 bits per heavy atom. The molecule has 0 aromatic carbocycles. The van der Waals surface area contributed by atoms with Crippen LogP contribution in [0.1, 0.15) is 39.5 Å². The average molecular weight is 234 g/mol. The molecule has 0 aliphatic heterocycles. The summed E-state index contributed by atoms with van der Waals surface area (Å²) < 4.78 is 26.1. The van der Waals surface area contributed by atoms with Crippen molar-refractivity contribution < 1.29 is 8.42 Å². The highest BCUT2D eigenvalue weighted by Crippen LogP contribution is 2.17. The topological polar surface area (TPSA) is 72.2 Å². The van der Waals surface area contributed by atoms with E-state index in [0.29, 0.717) is 0 Å². The molecule has 15 heavy (non-hydrogen) atoms. The van der Waals surface area contributed by atoms with E-state index < -0.39 is 10.0 Å². The third-order valence-electron chi connectivity index (χ3n) is 2.67. The van der Waals surface area contributed by atoms with E-state index in [1.807, 2.05) is 13.8 Å². The van der Waals surface area contributed by atoms with E-state index >= 15 is 0 Å². The normalized spacial score (nSPS) is 28.3. The van der Waals surface area contributed by atoms with E-state index in [4.69, 9.17) is 5.73 Å². The lowest BCUT2D eigenvalue weighted by atomic mass is 9.93. The van der Waals surface area contributed by atoms with Crippen LogP contribution in [0.2, 0.25) is 0 Å². The lowest BCUT2D eigenvalue weighted by Gasteiger charge is -2.26. The first kappa shape index (κ1) is 12.9. The van der Waals surface area contributed by atoms with E-state index in [-0.39, 0.29) is 23.8 Å². The van der Waals surface area contributed by atoms with E-state index in [2.05, 4.69) is 4.72 Å². The van der Waals surface area contributed by atoms with Crippen molar-refractivity contribution in [2.24, 2.45) is 11.7 Å². The molecule has 1 fully saturated rings. The Morgan fingerprint density at radius 3 is 2.27 bits per heavy atom. The lowest BCUT2D eigenvalue weighted by molar-refractivity contribution is 0.373. The van der Waals surface area contributed by atoms with Gasteiger partial charge in [0.2, 0.25) is 10.0 Å². The fraction of sp³-hybridized carbons (Fsp3) is 1.00. The van der Waals surface area contributed by atoms with Crippen LogP contribution in [-0.4, -0.2) is 26.3 Å². The van der Waals surface area contributed by atoms with Gasteiger partial charge in [0.15, 0.2) is 0 Å². The molecule has 1 aliphatic carbocycles. The fourth-order valence-corrected chi connectivity index (χ4v) is 3.70. The average Bonchev–Trinajstić information content (AvgIpc) is 2.06. The van der Waals surface area contributed by atoms with Crippen molar-refractivity contribution in [1.82, 2.24) is 4.72 Å². The van der Waals surface area contributed by atoms with Crippen molar-refractivity contribution in [3.8, 4) is 0 Å². The van der Waals surface area contributed by atoms with Gasteiger partial charge >= 0.3 is 0 Å². The first-order valence-corrected chi connectivity index (χ1v) is 7.30. The standard InChI is InChI=1S/C10H22N2O2S/c1-8(2)7-15(13,14)12-10-5-3-9(11)4-6-10/h8-10,12H,3-7,11H2,1-2H3. The molecule has 0 unspecified atom stereocenters. The van der Waals surface area contributed by atoms with Crippen LogP contribution in [0.15, 0.2) is 0 Å². The molecule has 5 heteroatoms. The quantitative estimate of drug-likeness (QED) is 0.757. The van der Waals surface area contributed by atoms with Crippen molar-refractivity contribution in [1.29, 1.82) is 0 Å². The first-order chi connectivity index (χ1) is 6.89. The third-order valence-corrected chi connectivity index (χ3v) is 4.47. The molecule has 0 amide bonds. The van der Waals surface area contributed by atoms with Gasteiger partial charge in [-0.2, -0.15) is 0 Å². The summed E-state index contributed by atoms with van der Waals surface area (Å²) in [5, 5.41) is 0. The molecule has 0 spiro atoms. The number of nitrogens with one attached hydrogen (secondary N) is 1. The zero-order chi connectivity index (χ0) is 11.5. The second kappa shape index (κ2) is 5.27. The largest absolute Gasteiger partial charge is 0.328 e. The van der Waals surface area contributed by atoms with E-state index in [0.717, 1.165) is 25.7 Å². The maximum absolute atomic E-state index is 11.6. The number of nitrogens with two attached hydrogens (primary N) is 1. The van der Waals surface area contributed by atoms with Gasteiger partial charge in [0.25, 0.3) is 0 Å². The van der Waals surface area contributed by atoms with Crippen molar-refractivity contribution in [2.75, 3.05) is 5.75 Å². The molecule has 0 heterocycles. The van der Waals surface area contributed by atoms with Crippen molar-refractivity contribution in [3.63, 3.8) is 0 Å².